The molecule has 1 fully saturated rings. The highest BCUT2D eigenvalue weighted by Crippen LogP contribution is 2.32. The molecule has 0 saturated carbocycles. The second-order valence-electron chi connectivity index (χ2n) is 7.83. The van der Waals surface area contributed by atoms with E-state index in [1.54, 1.807) is 23.2 Å². The first kappa shape index (κ1) is 20.1. The molecule has 3 heterocycles. The molecular weight excluding hydrogens is 390 g/mol. The van der Waals surface area contributed by atoms with Gasteiger partial charge in [0.2, 0.25) is 5.91 Å². The Morgan fingerprint density at radius 2 is 1.97 bits per heavy atom. The van der Waals surface area contributed by atoms with Crippen molar-refractivity contribution in [3.05, 3.63) is 27.1 Å². The van der Waals surface area contributed by atoms with Crippen LogP contribution in [0.15, 0.2) is 11.1 Å². The SMILES string of the molecule is CCOC(=O)C1CCN(C(=O)Cn2cnc3sc4c(c3c2=O)CCCCC4)CC1. The van der Waals surface area contributed by atoms with Gasteiger partial charge in [-0.1, -0.05) is 6.42 Å². The van der Waals surface area contributed by atoms with E-state index in [9.17, 15) is 14.4 Å². The molecule has 156 valence electrons. The van der Waals surface area contributed by atoms with E-state index in [0.29, 0.717) is 37.9 Å². The number of fused-ring (bicyclic) bond motifs is 3. The van der Waals surface area contributed by atoms with Crippen LogP contribution in [0.4, 0.5) is 0 Å². The lowest BCUT2D eigenvalue weighted by molar-refractivity contribution is -0.151. The molecular formula is C21H27N3O4S. The van der Waals surface area contributed by atoms with E-state index in [1.165, 1.54) is 22.2 Å². The van der Waals surface area contributed by atoms with E-state index in [-0.39, 0.29) is 29.9 Å². The molecule has 7 nitrogen and oxygen atoms in total. The summed E-state index contributed by atoms with van der Waals surface area (Å²) in [6.07, 6.45) is 8.11. The van der Waals surface area contributed by atoms with Crippen LogP contribution in [0.2, 0.25) is 0 Å². The average molecular weight is 418 g/mol. The van der Waals surface area contributed by atoms with Crippen molar-refractivity contribution >= 4 is 33.4 Å². The van der Waals surface area contributed by atoms with Gasteiger partial charge in [-0.15, -0.1) is 11.3 Å². The van der Waals surface area contributed by atoms with Crippen LogP contribution in [0.25, 0.3) is 10.2 Å². The first-order valence-electron chi connectivity index (χ1n) is 10.5. The van der Waals surface area contributed by atoms with Crippen molar-refractivity contribution in [3.8, 4) is 0 Å². The number of rotatable bonds is 4. The van der Waals surface area contributed by atoms with Crippen molar-refractivity contribution in [1.29, 1.82) is 0 Å². The topological polar surface area (TPSA) is 81.5 Å². The molecule has 2 aromatic rings. The van der Waals surface area contributed by atoms with Gasteiger partial charge in [0.1, 0.15) is 11.4 Å². The van der Waals surface area contributed by atoms with Crippen molar-refractivity contribution in [3.63, 3.8) is 0 Å². The van der Waals surface area contributed by atoms with E-state index in [0.717, 1.165) is 36.1 Å². The zero-order valence-corrected chi connectivity index (χ0v) is 17.6. The lowest BCUT2D eigenvalue weighted by Gasteiger charge is -2.31. The summed E-state index contributed by atoms with van der Waals surface area (Å²) in [6, 6.07) is 0. The number of hydrogen-bond donors (Lipinski definition) is 0. The maximum Gasteiger partial charge on any atom is 0.309 e. The fourth-order valence-electron chi connectivity index (χ4n) is 4.34. The molecule has 4 rings (SSSR count). The van der Waals surface area contributed by atoms with E-state index in [4.69, 9.17) is 4.74 Å². The van der Waals surface area contributed by atoms with Gasteiger partial charge in [0.15, 0.2) is 0 Å². The third-order valence-corrected chi connectivity index (χ3v) is 7.16. The van der Waals surface area contributed by atoms with Crippen LogP contribution in [-0.2, 0) is 33.7 Å². The molecule has 2 aromatic heterocycles. The highest BCUT2D eigenvalue weighted by atomic mass is 32.1. The zero-order chi connectivity index (χ0) is 20.4. The van der Waals surface area contributed by atoms with Crippen LogP contribution in [-0.4, -0.2) is 46.0 Å². The van der Waals surface area contributed by atoms with Crippen LogP contribution in [0.1, 0.15) is 49.5 Å². The molecule has 0 spiro atoms. The number of carbonyl (C=O) groups is 2. The number of likely N-dealkylation sites (tertiary alicyclic amines) is 1. The van der Waals surface area contributed by atoms with Crippen molar-refractivity contribution < 1.29 is 14.3 Å². The number of amides is 1. The van der Waals surface area contributed by atoms with E-state index >= 15 is 0 Å². The Morgan fingerprint density at radius 1 is 1.21 bits per heavy atom. The summed E-state index contributed by atoms with van der Waals surface area (Å²) >= 11 is 1.63. The molecule has 29 heavy (non-hydrogen) atoms. The lowest BCUT2D eigenvalue weighted by Crippen LogP contribution is -2.43. The number of hydrogen-bond acceptors (Lipinski definition) is 6. The highest BCUT2D eigenvalue weighted by molar-refractivity contribution is 7.18. The van der Waals surface area contributed by atoms with E-state index in [2.05, 4.69) is 4.98 Å². The smallest absolute Gasteiger partial charge is 0.309 e. The predicted octanol–water partition coefficient (Wildman–Crippen LogP) is 2.53. The fraction of sp³-hybridized carbons (Fsp3) is 0.619. The van der Waals surface area contributed by atoms with Crippen LogP contribution in [0.5, 0.6) is 0 Å². The summed E-state index contributed by atoms with van der Waals surface area (Å²) < 4.78 is 6.53. The zero-order valence-electron chi connectivity index (χ0n) is 16.8. The molecule has 1 aliphatic heterocycles. The Morgan fingerprint density at radius 3 is 2.72 bits per heavy atom. The summed E-state index contributed by atoms with van der Waals surface area (Å²) in [4.78, 5) is 46.0. The van der Waals surface area contributed by atoms with Gasteiger partial charge in [0.05, 0.1) is 24.2 Å². The Bertz CT molecular complexity index is 972. The van der Waals surface area contributed by atoms with Gasteiger partial charge in [-0.05, 0) is 51.0 Å². The number of carbonyl (C=O) groups excluding carboxylic acids is 2. The van der Waals surface area contributed by atoms with Crippen LogP contribution in [0.3, 0.4) is 0 Å². The van der Waals surface area contributed by atoms with Crippen LogP contribution >= 0.6 is 11.3 Å². The van der Waals surface area contributed by atoms with Gasteiger partial charge in [-0.25, -0.2) is 4.98 Å². The molecule has 1 saturated heterocycles. The maximum atomic E-state index is 13.1. The summed E-state index contributed by atoms with van der Waals surface area (Å²) in [5.74, 6) is -0.415. The minimum atomic E-state index is -0.177. The summed E-state index contributed by atoms with van der Waals surface area (Å²) in [5.41, 5.74) is 1.04. The molecule has 1 aliphatic carbocycles. The first-order chi connectivity index (χ1) is 14.1. The second kappa shape index (κ2) is 8.65. The molecule has 0 bridgehead atoms. The largest absolute Gasteiger partial charge is 0.466 e. The van der Waals surface area contributed by atoms with Crippen LogP contribution < -0.4 is 5.56 Å². The van der Waals surface area contributed by atoms with Gasteiger partial charge >= 0.3 is 5.97 Å². The lowest BCUT2D eigenvalue weighted by atomic mass is 9.97. The van der Waals surface area contributed by atoms with Gasteiger partial charge in [0, 0.05) is 18.0 Å². The van der Waals surface area contributed by atoms with Crippen molar-refractivity contribution in [1.82, 2.24) is 14.5 Å². The third kappa shape index (κ3) is 4.08. The monoisotopic (exact) mass is 417 g/mol. The summed E-state index contributed by atoms with van der Waals surface area (Å²) in [7, 11) is 0. The minimum Gasteiger partial charge on any atom is -0.466 e. The van der Waals surface area contributed by atoms with Gasteiger partial charge < -0.3 is 9.64 Å². The van der Waals surface area contributed by atoms with Gasteiger partial charge in [-0.3, -0.25) is 19.0 Å². The Hall–Kier alpha value is -2.22. The van der Waals surface area contributed by atoms with E-state index in [1.807, 2.05) is 0 Å². The Balaban J connectivity index is 1.48. The number of esters is 1. The molecule has 0 unspecified atom stereocenters. The van der Waals surface area contributed by atoms with Crippen molar-refractivity contribution in [2.75, 3.05) is 19.7 Å². The standard InChI is InChI=1S/C21H27N3O4S/c1-2-28-21(27)14-8-10-23(11-9-14)17(25)12-24-13-22-19-18(20(24)26)15-6-4-3-5-7-16(15)29-19/h13-14H,2-12H2,1H3. The first-order valence-corrected chi connectivity index (χ1v) is 11.3. The molecule has 0 aromatic carbocycles. The normalized spacial score (nSPS) is 17.8. The summed E-state index contributed by atoms with van der Waals surface area (Å²) in [5, 5.41) is 0.711. The van der Waals surface area contributed by atoms with E-state index < -0.39 is 0 Å². The second-order valence-corrected chi connectivity index (χ2v) is 8.91. The third-order valence-electron chi connectivity index (χ3n) is 5.97. The molecule has 1 amide bonds. The molecule has 0 atom stereocenters. The molecule has 2 aliphatic rings. The number of nitrogens with zero attached hydrogens (tertiary/aromatic N) is 3. The number of thiophene rings is 1. The number of ether oxygens (including phenoxy) is 1. The summed E-state index contributed by atoms with van der Waals surface area (Å²) in [6.45, 7) is 3.20. The van der Waals surface area contributed by atoms with Gasteiger partial charge in [0.25, 0.3) is 5.56 Å². The molecule has 8 heteroatoms. The highest BCUT2D eigenvalue weighted by Gasteiger charge is 2.28. The average Bonchev–Trinajstić information content (AvgIpc) is 2.92. The Labute approximate surface area is 173 Å². The number of aryl methyl sites for hydroxylation is 2. The molecule has 0 radical (unpaired) electrons. The predicted molar refractivity (Wildman–Crippen MR) is 111 cm³/mol. The quantitative estimate of drug-likeness (QED) is 0.564. The fourth-order valence-corrected chi connectivity index (χ4v) is 5.56. The van der Waals surface area contributed by atoms with Gasteiger partial charge in [-0.2, -0.15) is 0 Å². The van der Waals surface area contributed by atoms with Crippen LogP contribution in [0, 0.1) is 5.92 Å². The van der Waals surface area contributed by atoms with Crippen molar-refractivity contribution in [2.24, 2.45) is 5.92 Å². The van der Waals surface area contributed by atoms with Crippen molar-refractivity contribution in [2.45, 2.75) is 58.4 Å². The number of piperidine rings is 1. The number of aromatic nitrogens is 2. The maximum absolute atomic E-state index is 13.1. The minimum absolute atomic E-state index is 0.00351. The molecule has 0 N–H and O–H groups in total. The Kier molecular flexibility index (Phi) is 5.99.